The summed E-state index contributed by atoms with van der Waals surface area (Å²) in [6, 6.07) is 34.5. The van der Waals surface area contributed by atoms with E-state index in [0.29, 0.717) is 0 Å². The summed E-state index contributed by atoms with van der Waals surface area (Å²) in [5, 5.41) is 2.77. The van der Waals surface area contributed by atoms with Gasteiger partial charge in [-0.25, -0.2) is 0 Å². The standard InChI is InChI=1S/C33H21N/c1-3-9-24-19(6-1)14-22-16-23-17-30-25(29(23)18-28(22)24)12-13-27-26-10-5-8-21-15-20-7-2-4-11-31(20)34(32(21)26)33(27)30/h1-13,16,18H,14-15,17H2. The van der Waals surface area contributed by atoms with E-state index in [0.717, 1.165) is 19.3 Å². The molecule has 0 unspecified atom stereocenters. The SMILES string of the molecule is c1ccc2c(c1)Cc1cc3c(cc1-2)-c1ccc2c4cccc5c4n(c2c1C3)-c1ccccc1C5. The highest BCUT2D eigenvalue weighted by Gasteiger charge is 2.30. The van der Waals surface area contributed by atoms with E-state index in [1.807, 2.05) is 0 Å². The Hall–Kier alpha value is -4.10. The molecule has 9 rings (SSSR count). The van der Waals surface area contributed by atoms with Crippen LogP contribution in [0.4, 0.5) is 0 Å². The number of aromatic nitrogens is 1. The molecule has 2 heterocycles. The van der Waals surface area contributed by atoms with Crippen LogP contribution < -0.4 is 0 Å². The van der Waals surface area contributed by atoms with Gasteiger partial charge >= 0.3 is 0 Å². The van der Waals surface area contributed by atoms with Gasteiger partial charge in [-0.3, -0.25) is 0 Å². The number of hydrogen-bond donors (Lipinski definition) is 0. The first kappa shape index (κ1) is 17.4. The predicted octanol–water partition coefficient (Wildman–Crippen LogP) is 7.83. The molecule has 0 amide bonds. The van der Waals surface area contributed by atoms with E-state index >= 15 is 0 Å². The molecule has 0 N–H and O–H groups in total. The maximum Gasteiger partial charge on any atom is 0.0582 e. The van der Waals surface area contributed by atoms with E-state index in [1.54, 1.807) is 0 Å². The van der Waals surface area contributed by atoms with E-state index in [4.69, 9.17) is 0 Å². The first-order chi connectivity index (χ1) is 16.8. The Morgan fingerprint density at radius 2 is 1.18 bits per heavy atom. The Bertz CT molecular complexity index is 1880. The molecule has 6 aromatic rings. The van der Waals surface area contributed by atoms with Gasteiger partial charge < -0.3 is 4.57 Å². The van der Waals surface area contributed by atoms with E-state index in [1.165, 1.54) is 83.1 Å². The van der Waals surface area contributed by atoms with Gasteiger partial charge in [-0.15, -0.1) is 0 Å². The average molecular weight is 432 g/mol. The fraction of sp³-hybridized carbons (Fsp3) is 0.0909. The topological polar surface area (TPSA) is 4.93 Å². The Balaban J connectivity index is 1.38. The first-order valence-electron chi connectivity index (χ1n) is 12.3. The first-order valence-corrected chi connectivity index (χ1v) is 12.3. The van der Waals surface area contributed by atoms with E-state index in [2.05, 4.69) is 95.6 Å². The number of benzene rings is 5. The number of nitrogens with zero attached hydrogens (tertiary/aromatic N) is 1. The molecule has 5 aromatic carbocycles. The molecule has 1 heteroatoms. The van der Waals surface area contributed by atoms with Crippen molar-refractivity contribution in [1.29, 1.82) is 0 Å². The molecule has 1 aliphatic heterocycles. The van der Waals surface area contributed by atoms with Gasteiger partial charge in [0.15, 0.2) is 0 Å². The van der Waals surface area contributed by atoms with Gasteiger partial charge in [0.1, 0.15) is 0 Å². The third kappa shape index (κ3) is 1.98. The summed E-state index contributed by atoms with van der Waals surface area (Å²) in [4.78, 5) is 0. The molecule has 1 nitrogen and oxygen atoms in total. The molecular weight excluding hydrogens is 410 g/mol. The lowest BCUT2D eigenvalue weighted by atomic mass is 9.97. The lowest BCUT2D eigenvalue weighted by Crippen LogP contribution is -2.08. The zero-order valence-electron chi connectivity index (χ0n) is 18.7. The van der Waals surface area contributed by atoms with Crippen molar-refractivity contribution in [3.8, 4) is 27.9 Å². The van der Waals surface area contributed by atoms with Gasteiger partial charge in [0.05, 0.1) is 11.0 Å². The zero-order valence-corrected chi connectivity index (χ0v) is 18.7. The van der Waals surface area contributed by atoms with E-state index in [-0.39, 0.29) is 0 Å². The third-order valence-electron chi connectivity index (χ3n) is 8.43. The van der Waals surface area contributed by atoms with Crippen LogP contribution in [-0.4, -0.2) is 4.57 Å². The number of hydrogen-bond acceptors (Lipinski definition) is 0. The van der Waals surface area contributed by atoms with E-state index < -0.39 is 0 Å². The highest BCUT2D eigenvalue weighted by Crippen LogP contribution is 2.49. The minimum Gasteiger partial charge on any atom is -0.308 e. The minimum absolute atomic E-state index is 1.01. The van der Waals surface area contributed by atoms with Gasteiger partial charge in [-0.1, -0.05) is 78.9 Å². The summed E-state index contributed by atoms with van der Waals surface area (Å²) in [5.74, 6) is 0. The summed E-state index contributed by atoms with van der Waals surface area (Å²) in [7, 11) is 0. The van der Waals surface area contributed by atoms with Crippen LogP contribution >= 0.6 is 0 Å². The molecule has 34 heavy (non-hydrogen) atoms. The van der Waals surface area contributed by atoms with Crippen LogP contribution in [0, 0.1) is 0 Å². The molecule has 0 fully saturated rings. The lowest BCUT2D eigenvalue weighted by Gasteiger charge is -2.21. The molecule has 0 bridgehead atoms. The highest BCUT2D eigenvalue weighted by molar-refractivity contribution is 6.14. The Labute approximate surface area is 197 Å². The van der Waals surface area contributed by atoms with Crippen LogP contribution in [0.5, 0.6) is 0 Å². The molecule has 2 aliphatic carbocycles. The predicted molar refractivity (Wildman–Crippen MR) is 140 cm³/mol. The molecular formula is C33H21N. The number of para-hydroxylation sites is 2. The summed E-state index contributed by atoms with van der Waals surface area (Å²) in [5.41, 5.74) is 18.6. The largest absolute Gasteiger partial charge is 0.308 e. The zero-order chi connectivity index (χ0) is 22.0. The van der Waals surface area contributed by atoms with Crippen LogP contribution in [-0.2, 0) is 19.3 Å². The van der Waals surface area contributed by atoms with Gasteiger partial charge in [-0.05, 0) is 74.2 Å². The second-order valence-corrected chi connectivity index (χ2v) is 10.1. The van der Waals surface area contributed by atoms with Gasteiger partial charge in [0, 0.05) is 29.3 Å². The third-order valence-corrected chi connectivity index (χ3v) is 8.43. The molecule has 3 aliphatic rings. The lowest BCUT2D eigenvalue weighted by molar-refractivity contribution is 1.04. The second kappa shape index (κ2) is 5.87. The Morgan fingerprint density at radius 3 is 2.15 bits per heavy atom. The van der Waals surface area contributed by atoms with Crippen molar-refractivity contribution in [2.45, 2.75) is 19.3 Å². The van der Waals surface area contributed by atoms with Crippen LogP contribution in [0.3, 0.4) is 0 Å². The monoisotopic (exact) mass is 431 g/mol. The summed E-state index contributed by atoms with van der Waals surface area (Å²) >= 11 is 0. The molecule has 0 saturated heterocycles. The van der Waals surface area contributed by atoms with Crippen LogP contribution in [0.1, 0.15) is 33.4 Å². The fourth-order valence-corrected chi connectivity index (χ4v) is 7.01. The summed E-state index contributed by atoms with van der Waals surface area (Å²) in [6.07, 6.45) is 3.08. The van der Waals surface area contributed by atoms with Crippen molar-refractivity contribution >= 4 is 21.8 Å². The van der Waals surface area contributed by atoms with Gasteiger partial charge in [0.2, 0.25) is 0 Å². The normalized spacial score (nSPS) is 14.1. The maximum absolute atomic E-state index is 2.58. The Morgan fingerprint density at radius 1 is 0.441 bits per heavy atom. The molecule has 0 radical (unpaired) electrons. The minimum atomic E-state index is 1.01. The van der Waals surface area contributed by atoms with Gasteiger partial charge in [-0.2, -0.15) is 0 Å². The average Bonchev–Trinajstić information content (AvgIpc) is 3.53. The van der Waals surface area contributed by atoms with Crippen LogP contribution in [0.15, 0.2) is 91.0 Å². The number of rotatable bonds is 0. The fourth-order valence-electron chi connectivity index (χ4n) is 7.01. The van der Waals surface area contributed by atoms with Crippen LogP contribution in [0.25, 0.3) is 49.7 Å². The molecule has 158 valence electrons. The summed E-state index contributed by atoms with van der Waals surface area (Å²) in [6.45, 7) is 0. The maximum atomic E-state index is 2.58. The van der Waals surface area contributed by atoms with Crippen molar-refractivity contribution in [3.05, 3.63) is 124 Å². The molecule has 0 spiro atoms. The van der Waals surface area contributed by atoms with Crippen molar-refractivity contribution in [2.24, 2.45) is 0 Å². The van der Waals surface area contributed by atoms with Crippen molar-refractivity contribution < 1.29 is 0 Å². The quantitative estimate of drug-likeness (QED) is 0.231. The van der Waals surface area contributed by atoms with E-state index in [9.17, 15) is 0 Å². The van der Waals surface area contributed by atoms with Crippen LogP contribution in [0.2, 0.25) is 0 Å². The van der Waals surface area contributed by atoms with Crippen molar-refractivity contribution in [1.82, 2.24) is 4.57 Å². The second-order valence-electron chi connectivity index (χ2n) is 10.1. The van der Waals surface area contributed by atoms with Crippen molar-refractivity contribution in [2.75, 3.05) is 0 Å². The Kier molecular flexibility index (Phi) is 3.00. The van der Waals surface area contributed by atoms with Crippen molar-refractivity contribution in [3.63, 3.8) is 0 Å². The van der Waals surface area contributed by atoms with Gasteiger partial charge in [0.25, 0.3) is 0 Å². The molecule has 1 aromatic heterocycles. The molecule has 0 saturated carbocycles. The highest BCUT2D eigenvalue weighted by atomic mass is 15.0. The smallest absolute Gasteiger partial charge is 0.0582 e. The summed E-state index contributed by atoms with van der Waals surface area (Å²) < 4.78 is 2.58. The number of fused-ring (bicyclic) bond motifs is 12. The molecule has 0 atom stereocenters.